The minimum absolute atomic E-state index is 0. The highest BCUT2D eigenvalue weighted by Crippen LogP contribution is 2.28. The molecule has 1 fully saturated rings. The summed E-state index contributed by atoms with van der Waals surface area (Å²) in [5.74, 6) is 1.74. The van der Waals surface area contributed by atoms with Gasteiger partial charge in [-0.2, -0.15) is 0 Å². The zero-order chi connectivity index (χ0) is 17.2. The first-order chi connectivity index (χ1) is 11.7. The number of guanidine groups is 1. The fourth-order valence-corrected chi connectivity index (χ4v) is 2.15. The molecule has 1 aliphatic rings. The van der Waals surface area contributed by atoms with Crippen LogP contribution < -0.4 is 15.4 Å². The highest BCUT2D eigenvalue weighted by molar-refractivity contribution is 14.0. The van der Waals surface area contributed by atoms with E-state index in [4.69, 9.17) is 9.47 Å². The Bertz CT molecular complexity index is 527. The van der Waals surface area contributed by atoms with Gasteiger partial charge in [-0.25, -0.2) is 9.38 Å². The van der Waals surface area contributed by atoms with Crippen molar-refractivity contribution in [2.75, 3.05) is 32.8 Å². The van der Waals surface area contributed by atoms with Crippen LogP contribution in [0.4, 0.5) is 4.39 Å². The van der Waals surface area contributed by atoms with Crippen molar-refractivity contribution in [1.29, 1.82) is 0 Å². The smallest absolute Gasteiger partial charge is 0.191 e. The lowest BCUT2D eigenvalue weighted by atomic mass is 10.3. The first-order valence-electron chi connectivity index (χ1n) is 8.69. The predicted molar refractivity (Wildman–Crippen MR) is 109 cm³/mol. The number of halogens is 2. The topological polar surface area (TPSA) is 54.9 Å². The molecule has 0 aliphatic heterocycles. The number of ether oxygens (including phenoxy) is 2. The first kappa shape index (κ1) is 22.0. The maximum Gasteiger partial charge on any atom is 0.191 e. The molecule has 0 saturated heterocycles. The molecule has 0 spiro atoms. The quantitative estimate of drug-likeness (QED) is 0.241. The molecule has 142 valence electrons. The van der Waals surface area contributed by atoms with Gasteiger partial charge < -0.3 is 20.1 Å². The summed E-state index contributed by atoms with van der Waals surface area (Å²) >= 11 is 0. The van der Waals surface area contributed by atoms with Crippen molar-refractivity contribution < 1.29 is 13.9 Å². The highest BCUT2D eigenvalue weighted by Gasteiger charge is 2.20. The molecule has 2 N–H and O–H groups in total. The molecular formula is C18H29FIN3O2. The van der Waals surface area contributed by atoms with E-state index in [0.717, 1.165) is 31.6 Å². The molecular weight excluding hydrogens is 436 g/mol. The molecule has 1 aliphatic carbocycles. The second kappa shape index (κ2) is 12.3. The lowest BCUT2D eigenvalue weighted by Crippen LogP contribution is -2.39. The molecule has 5 nitrogen and oxygen atoms in total. The number of hydrogen-bond donors (Lipinski definition) is 2. The van der Waals surface area contributed by atoms with Gasteiger partial charge in [-0.15, -0.1) is 24.0 Å². The van der Waals surface area contributed by atoms with Crippen molar-refractivity contribution in [2.45, 2.75) is 32.8 Å². The number of nitrogens with zero attached hydrogens (tertiary/aromatic N) is 1. The van der Waals surface area contributed by atoms with E-state index in [1.165, 1.54) is 25.0 Å². The summed E-state index contributed by atoms with van der Waals surface area (Å²) < 4.78 is 24.4. The largest absolute Gasteiger partial charge is 0.489 e. The molecule has 1 atom stereocenters. The molecule has 1 aromatic carbocycles. The van der Waals surface area contributed by atoms with Crippen molar-refractivity contribution in [3.05, 3.63) is 30.1 Å². The van der Waals surface area contributed by atoms with E-state index >= 15 is 0 Å². The van der Waals surface area contributed by atoms with E-state index < -0.39 is 0 Å². The van der Waals surface area contributed by atoms with Gasteiger partial charge in [0.25, 0.3) is 0 Å². The zero-order valence-corrected chi connectivity index (χ0v) is 17.3. The van der Waals surface area contributed by atoms with Gasteiger partial charge in [0, 0.05) is 25.8 Å². The third kappa shape index (κ3) is 9.84. The minimum atomic E-state index is -0.301. The molecule has 1 aromatic rings. The number of rotatable bonds is 10. The summed E-state index contributed by atoms with van der Waals surface area (Å²) in [5, 5.41) is 6.43. The Morgan fingerprint density at radius 1 is 1.36 bits per heavy atom. The summed E-state index contributed by atoms with van der Waals surface area (Å²) in [6, 6.07) is 6.15. The van der Waals surface area contributed by atoms with Gasteiger partial charge in [-0.3, -0.25) is 0 Å². The Hall–Kier alpha value is -1.09. The van der Waals surface area contributed by atoms with Crippen LogP contribution in [0.2, 0.25) is 0 Å². The van der Waals surface area contributed by atoms with Crippen molar-refractivity contribution in [1.82, 2.24) is 10.6 Å². The van der Waals surface area contributed by atoms with Crippen LogP contribution >= 0.6 is 24.0 Å². The van der Waals surface area contributed by atoms with Crippen LogP contribution in [-0.4, -0.2) is 44.9 Å². The Balaban J connectivity index is 0.00000312. The van der Waals surface area contributed by atoms with Gasteiger partial charge in [-0.1, -0.05) is 6.07 Å². The minimum Gasteiger partial charge on any atom is -0.489 e. The van der Waals surface area contributed by atoms with Crippen molar-refractivity contribution in [3.63, 3.8) is 0 Å². The molecule has 25 heavy (non-hydrogen) atoms. The van der Waals surface area contributed by atoms with E-state index in [2.05, 4.69) is 15.6 Å². The third-order valence-corrected chi connectivity index (χ3v) is 3.57. The Morgan fingerprint density at radius 3 is 2.84 bits per heavy atom. The summed E-state index contributed by atoms with van der Waals surface area (Å²) in [4.78, 5) is 4.50. The molecule has 0 heterocycles. The van der Waals surface area contributed by atoms with Gasteiger partial charge in [0.2, 0.25) is 0 Å². The third-order valence-electron chi connectivity index (χ3n) is 3.57. The molecule has 1 unspecified atom stereocenters. The molecule has 1 saturated carbocycles. The average molecular weight is 465 g/mol. The molecule has 7 heteroatoms. The van der Waals surface area contributed by atoms with E-state index in [0.29, 0.717) is 18.9 Å². The summed E-state index contributed by atoms with van der Waals surface area (Å²) in [6.07, 6.45) is 2.47. The van der Waals surface area contributed by atoms with Crippen molar-refractivity contribution >= 4 is 29.9 Å². The van der Waals surface area contributed by atoms with Crippen molar-refractivity contribution in [3.8, 4) is 5.75 Å². The summed E-state index contributed by atoms with van der Waals surface area (Å²) in [7, 11) is 0. The Morgan fingerprint density at radius 2 is 2.16 bits per heavy atom. The van der Waals surface area contributed by atoms with Gasteiger partial charge >= 0.3 is 0 Å². The highest BCUT2D eigenvalue weighted by atomic mass is 127. The monoisotopic (exact) mass is 465 g/mol. The lowest BCUT2D eigenvalue weighted by molar-refractivity contribution is 0.129. The van der Waals surface area contributed by atoms with Crippen LogP contribution in [0.1, 0.15) is 26.7 Å². The van der Waals surface area contributed by atoms with Crippen LogP contribution in [0.25, 0.3) is 0 Å². The number of aliphatic imine (C=N–C) groups is 1. The van der Waals surface area contributed by atoms with E-state index in [9.17, 15) is 4.39 Å². The zero-order valence-electron chi connectivity index (χ0n) is 15.0. The molecule has 0 radical (unpaired) electrons. The SMILES string of the molecule is CCNC(=NCC(C)Oc1cccc(F)c1)NCCOCC1CC1.I. The second-order valence-electron chi connectivity index (χ2n) is 6.05. The van der Waals surface area contributed by atoms with Crippen LogP contribution in [0.5, 0.6) is 5.75 Å². The Labute approximate surface area is 166 Å². The molecule has 2 rings (SSSR count). The van der Waals surface area contributed by atoms with Crippen molar-refractivity contribution in [2.24, 2.45) is 10.9 Å². The Kier molecular flexibility index (Phi) is 10.8. The maximum atomic E-state index is 13.1. The summed E-state index contributed by atoms with van der Waals surface area (Å²) in [6.45, 7) is 7.47. The van der Waals surface area contributed by atoms with Crippen LogP contribution in [-0.2, 0) is 4.74 Å². The number of hydrogen-bond acceptors (Lipinski definition) is 3. The van der Waals surface area contributed by atoms with Gasteiger partial charge in [0.05, 0.1) is 13.2 Å². The number of benzene rings is 1. The van der Waals surface area contributed by atoms with Gasteiger partial charge in [0.15, 0.2) is 5.96 Å². The lowest BCUT2D eigenvalue weighted by Gasteiger charge is -2.15. The molecule has 0 amide bonds. The van der Waals surface area contributed by atoms with Gasteiger partial charge in [0.1, 0.15) is 17.7 Å². The number of nitrogens with one attached hydrogen (secondary N) is 2. The molecule has 0 aromatic heterocycles. The average Bonchev–Trinajstić information content (AvgIpc) is 3.36. The van der Waals surface area contributed by atoms with E-state index in [1.807, 2.05) is 13.8 Å². The van der Waals surface area contributed by atoms with Crippen LogP contribution in [0, 0.1) is 11.7 Å². The normalized spacial score (nSPS) is 15.2. The second-order valence-corrected chi connectivity index (χ2v) is 6.05. The van der Waals surface area contributed by atoms with Crippen LogP contribution in [0.15, 0.2) is 29.3 Å². The van der Waals surface area contributed by atoms with Gasteiger partial charge in [-0.05, 0) is 44.7 Å². The fourth-order valence-electron chi connectivity index (χ4n) is 2.15. The summed E-state index contributed by atoms with van der Waals surface area (Å²) in [5.41, 5.74) is 0. The predicted octanol–water partition coefficient (Wildman–Crippen LogP) is 3.19. The standard InChI is InChI=1S/C18H28FN3O2.HI/c1-3-20-18(21-9-10-23-13-15-7-8-15)22-12-14(2)24-17-6-4-5-16(19)11-17;/h4-6,11,14-15H,3,7-10,12-13H2,1-2H3,(H2,20,21,22);1H. The molecule has 0 bridgehead atoms. The van der Waals surface area contributed by atoms with E-state index in [-0.39, 0.29) is 35.9 Å². The van der Waals surface area contributed by atoms with E-state index in [1.54, 1.807) is 12.1 Å². The first-order valence-corrected chi connectivity index (χ1v) is 8.69. The fraction of sp³-hybridized carbons (Fsp3) is 0.611. The maximum absolute atomic E-state index is 13.1. The van der Waals surface area contributed by atoms with Crippen LogP contribution in [0.3, 0.4) is 0 Å².